The van der Waals surface area contributed by atoms with Crippen molar-refractivity contribution in [2.24, 2.45) is 0 Å². The van der Waals surface area contributed by atoms with Crippen molar-refractivity contribution in [3.63, 3.8) is 0 Å². The summed E-state index contributed by atoms with van der Waals surface area (Å²) >= 11 is 5.80. The van der Waals surface area contributed by atoms with Crippen LogP contribution >= 0.6 is 11.6 Å². The molecule has 2 rings (SSSR count). The zero-order valence-electron chi connectivity index (χ0n) is 6.41. The molecule has 0 fully saturated rings. The molecule has 0 spiro atoms. The molecule has 0 aliphatic heterocycles. The maximum atomic E-state index is 10.6. The van der Waals surface area contributed by atoms with Crippen molar-refractivity contribution < 1.29 is 9.90 Å². The first-order valence-corrected chi connectivity index (χ1v) is 3.92. The second-order valence-corrected chi connectivity index (χ2v) is 2.97. The van der Waals surface area contributed by atoms with Gasteiger partial charge < -0.3 is 10.1 Å². The third-order valence-electron chi connectivity index (χ3n) is 1.72. The predicted molar refractivity (Wildman–Crippen MR) is 48.1 cm³/mol. The molecule has 2 N–H and O–H groups in total. The average Bonchev–Trinajstić information content (AvgIpc) is 2.51. The fourth-order valence-electron chi connectivity index (χ4n) is 1.13. The molecule has 0 aliphatic carbocycles. The molecule has 0 saturated heterocycles. The smallest absolute Gasteiger partial charge is 0.335 e. The third-order valence-corrected chi connectivity index (χ3v) is 2.01. The Morgan fingerprint density at radius 1 is 1.54 bits per heavy atom. The molecule has 5 heteroatoms. The fraction of sp³-hybridized carbons (Fsp3) is 0. The standard InChI is InChI=1S/C8H5ClN2O2/c9-5-1-4(8(12)13)2-6-7(5)11-3-10-6/h1-3H,(H,10,11)(H,12,13). The molecule has 0 amide bonds. The highest BCUT2D eigenvalue weighted by atomic mass is 35.5. The number of imidazole rings is 1. The number of carboxylic acid groups (broad SMARTS) is 1. The summed E-state index contributed by atoms with van der Waals surface area (Å²) in [4.78, 5) is 17.4. The van der Waals surface area contributed by atoms with Gasteiger partial charge in [0.15, 0.2) is 0 Å². The zero-order valence-corrected chi connectivity index (χ0v) is 7.17. The van der Waals surface area contributed by atoms with Crippen LogP contribution in [0.2, 0.25) is 5.02 Å². The van der Waals surface area contributed by atoms with Crippen molar-refractivity contribution in [3.8, 4) is 0 Å². The van der Waals surface area contributed by atoms with E-state index >= 15 is 0 Å². The van der Waals surface area contributed by atoms with Crippen LogP contribution in [-0.2, 0) is 0 Å². The summed E-state index contributed by atoms with van der Waals surface area (Å²) in [5.74, 6) is -1.00. The molecule has 66 valence electrons. The van der Waals surface area contributed by atoms with E-state index in [1.54, 1.807) is 0 Å². The number of halogens is 1. The van der Waals surface area contributed by atoms with Crippen molar-refractivity contribution >= 4 is 28.6 Å². The molecule has 1 aromatic carbocycles. The van der Waals surface area contributed by atoms with Crippen LogP contribution in [0, 0.1) is 0 Å². The number of rotatable bonds is 1. The molecule has 1 heterocycles. The van der Waals surface area contributed by atoms with Gasteiger partial charge in [0.1, 0.15) is 5.52 Å². The number of aromatic nitrogens is 2. The summed E-state index contributed by atoms with van der Waals surface area (Å²) in [6, 6.07) is 2.88. The quantitative estimate of drug-likeness (QED) is 0.732. The van der Waals surface area contributed by atoms with Gasteiger partial charge in [-0.05, 0) is 12.1 Å². The van der Waals surface area contributed by atoms with E-state index in [0.717, 1.165) is 0 Å². The summed E-state index contributed by atoms with van der Waals surface area (Å²) in [7, 11) is 0. The van der Waals surface area contributed by atoms with Gasteiger partial charge >= 0.3 is 5.97 Å². The molecule has 4 nitrogen and oxygen atoms in total. The van der Waals surface area contributed by atoms with Gasteiger partial charge in [-0.2, -0.15) is 0 Å². The lowest BCUT2D eigenvalue weighted by atomic mass is 10.2. The number of benzene rings is 1. The molecular formula is C8H5ClN2O2. The first-order valence-electron chi connectivity index (χ1n) is 3.54. The fourth-order valence-corrected chi connectivity index (χ4v) is 1.40. The number of carbonyl (C=O) groups is 1. The van der Waals surface area contributed by atoms with E-state index in [2.05, 4.69) is 9.97 Å². The molecular weight excluding hydrogens is 192 g/mol. The van der Waals surface area contributed by atoms with Gasteiger partial charge in [-0.1, -0.05) is 11.6 Å². The molecule has 0 atom stereocenters. The maximum Gasteiger partial charge on any atom is 0.335 e. The minimum atomic E-state index is -1.00. The number of hydrogen-bond donors (Lipinski definition) is 2. The Hall–Kier alpha value is -1.55. The number of aromatic amines is 1. The van der Waals surface area contributed by atoms with Crippen LogP contribution in [0.4, 0.5) is 0 Å². The topological polar surface area (TPSA) is 66.0 Å². The lowest BCUT2D eigenvalue weighted by Crippen LogP contribution is -1.95. The Labute approximate surface area is 78.2 Å². The lowest BCUT2D eigenvalue weighted by Gasteiger charge is -1.96. The monoisotopic (exact) mass is 196 g/mol. The molecule has 0 bridgehead atoms. The summed E-state index contributed by atoms with van der Waals surface area (Å²) in [6.45, 7) is 0. The minimum absolute atomic E-state index is 0.154. The highest BCUT2D eigenvalue weighted by molar-refractivity contribution is 6.35. The second kappa shape index (κ2) is 2.74. The van der Waals surface area contributed by atoms with Crippen molar-refractivity contribution in [1.82, 2.24) is 9.97 Å². The molecule has 0 radical (unpaired) electrons. The average molecular weight is 197 g/mol. The molecule has 0 saturated carbocycles. The largest absolute Gasteiger partial charge is 0.478 e. The van der Waals surface area contributed by atoms with Gasteiger partial charge in [-0.3, -0.25) is 0 Å². The number of fused-ring (bicyclic) bond motifs is 1. The van der Waals surface area contributed by atoms with E-state index in [4.69, 9.17) is 16.7 Å². The number of nitrogens with one attached hydrogen (secondary N) is 1. The van der Waals surface area contributed by atoms with Crippen molar-refractivity contribution in [3.05, 3.63) is 29.0 Å². The van der Waals surface area contributed by atoms with Gasteiger partial charge in [0.2, 0.25) is 0 Å². The lowest BCUT2D eigenvalue weighted by molar-refractivity contribution is 0.0697. The Morgan fingerprint density at radius 2 is 2.31 bits per heavy atom. The van der Waals surface area contributed by atoms with E-state index in [1.165, 1.54) is 18.5 Å². The number of nitrogens with zero attached hydrogens (tertiary/aromatic N) is 1. The number of carboxylic acids is 1. The summed E-state index contributed by atoms with van der Waals surface area (Å²) < 4.78 is 0. The van der Waals surface area contributed by atoms with Crippen LogP contribution in [0.3, 0.4) is 0 Å². The van der Waals surface area contributed by atoms with Crippen LogP contribution in [0.15, 0.2) is 18.5 Å². The Bertz CT molecular complexity index is 478. The molecule has 0 aliphatic rings. The predicted octanol–water partition coefficient (Wildman–Crippen LogP) is 1.91. The Morgan fingerprint density at radius 3 is 3.00 bits per heavy atom. The normalized spacial score (nSPS) is 10.5. The van der Waals surface area contributed by atoms with Crippen LogP contribution in [0.25, 0.3) is 11.0 Å². The second-order valence-electron chi connectivity index (χ2n) is 2.56. The SMILES string of the molecule is O=C(O)c1cc(Cl)c2nc[nH]c2c1. The Kier molecular flexibility index (Phi) is 1.70. The molecule has 0 unspecified atom stereocenters. The minimum Gasteiger partial charge on any atom is -0.478 e. The van der Waals surface area contributed by atoms with Gasteiger partial charge in [0, 0.05) is 0 Å². The number of hydrogen-bond acceptors (Lipinski definition) is 2. The summed E-state index contributed by atoms with van der Waals surface area (Å²) in [6.07, 6.45) is 1.47. The Balaban J connectivity index is 2.77. The number of aromatic carboxylic acids is 1. The molecule has 13 heavy (non-hydrogen) atoms. The van der Waals surface area contributed by atoms with Crippen molar-refractivity contribution in [2.75, 3.05) is 0 Å². The van der Waals surface area contributed by atoms with Crippen molar-refractivity contribution in [2.45, 2.75) is 0 Å². The van der Waals surface area contributed by atoms with Crippen LogP contribution in [-0.4, -0.2) is 21.0 Å². The van der Waals surface area contributed by atoms with Crippen molar-refractivity contribution in [1.29, 1.82) is 0 Å². The highest BCUT2D eigenvalue weighted by Gasteiger charge is 2.08. The maximum absolute atomic E-state index is 10.6. The summed E-state index contributed by atoms with van der Waals surface area (Å²) in [5, 5.41) is 9.06. The molecule has 1 aromatic heterocycles. The third kappa shape index (κ3) is 1.25. The highest BCUT2D eigenvalue weighted by Crippen LogP contribution is 2.22. The first kappa shape index (κ1) is 8.07. The van der Waals surface area contributed by atoms with Gasteiger partial charge in [-0.15, -0.1) is 0 Å². The van der Waals surface area contributed by atoms with Crippen LogP contribution in [0.5, 0.6) is 0 Å². The van der Waals surface area contributed by atoms with E-state index in [-0.39, 0.29) is 5.56 Å². The van der Waals surface area contributed by atoms with Gasteiger partial charge in [-0.25, -0.2) is 9.78 Å². The van der Waals surface area contributed by atoms with E-state index < -0.39 is 5.97 Å². The summed E-state index contributed by atoms with van der Waals surface area (Å²) in [5.41, 5.74) is 1.37. The van der Waals surface area contributed by atoms with Crippen LogP contribution in [0.1, 0.15) is 10.4 Å². The molecule has 2 aromatic rings. The van der Waals surface area contributed by atoms with E-state index in [9.17, 15) is 4.79 Å². The van der Waals surface area contributed by atoms with Gasteiger partial charge in [0.25, 0.3) is 0 Å². The first-order chi connectivity index (χ1) is 6.18. The van der Waals surface area contributed by atoms with Crippen LogP contribution < -0.4 is 0 Å². The van der Waals surface area contributed by atoms with E-state index in [1.807, 2.05) is 0 Å². The zero-order chi connectivity index (χ0) is 9.42. The number of H-pyrrole nitrogens is 1. The van der Waals surface area contributed by atoms with E-state index in [0.29, 0.717) is 16.1 Å². The van der Waals surface area contributed by atoms with Gasteiger partial charge in [0.05, 0.1) is 22.4 Å².